The van der Waals surface area contributed by atoms with Gasteiger partial charge in [0.25, 0.3) is 0 Å². The predicted molar refractivity (Wildman–Crippen MR) is 54.2 cm³/mol. The van der Waals surface area contributed by atoms with Gasteiger partial charge in [0.05, 0.1) is 0 Å². The minimum atomic E-state index is -4.56. The Hall–Kier alpha value is -0.390. The Labute approximate surface area is 94.2 Å². The standard InChI is InChI=1S/C9H8ClF3OS/c10-6-1-3-7(4-2-6)15-5-8(14)9(11,12)13/h1-4,8,14H,5H2/t8-/m0/s1. The smallest absolute Gasteiger partial charge is 0.383 e. The number of hydrogen-bond donors (Lipinski definition) is 1. The van der Waals surface area contributed by atoms with Crippen molar-refractivity contribution in [2.24, 2.45) is 0 Å². The molecule has 0 spiro atoms. The second kappa shape index (κ2) is 5.09. The van der Waals surface area contributed by atoms with Crippen LogP contribution in [0.25, 0.3) is 0 Å². The lowest BCUT2D eigenvalue weighted by Crippen LogP contribution is -2.30. The molecule has 1 aromatic carbocycles. The van der Waals surface area contributed by atoms with Crippen LogP contribution in [0.4, 0.5) is 13.2 Å². The molecule has 0 heterocycles. The first-order valence-electron chi connectivity index (χ1n) is 4.03. The molecule has 6 heteroatoms. The normalized spacial score (nSPS) is 13.9. The van der Waals surface area contributed by atoms with E-state index in [1.54, 1.807) is 24.3 Å². The van der Waals surface area contributed by atoms with E-state index in [0.717, 1.165) is 11.8 Å². The van der Waals surface area contributed by atoms with E-state index in [2.05, 4.69) is 0 Å². The van der Waals surface area contributed by atoms with Crippen molar-refractivity contribution in [3.63, 3.8) is 0 Å². The van der Waals surface area contributed by atoms with Crippen LogP contribution in [0.1, 0.15) is 0 Å². The Morgan fingerprint density at radius 1 is 1.27 bits per heavy atom. The van der Waals surface area contributed by atoms with Gasteiger partial charge in [0.1, 0.15) is 0 Å². The highest BCUT2D eigenvalue weighted by Crippen LogP contribution is 2.27. The molecular formula is C9H8ClF3OS. The maximum absolute atomic E-state index is 11.9. The molecule has 0 fully saturated rings. The summed E-state index contributed by atoms with van der Waals surface area (Å²) in [6.45, 7) is 0. The summed E-state index contributed by atoms with van der Waals surface area (Å²) in [5.74, 6) is -0.412. The van der Waals surface area contributed by atoms with Crippen LogP contribution in [-0.4, -0.2) is 23.1 Å². The zero-order valence-electron chi connectivity index (χ0n) is 7.46. The quantitative estimate of drug-likeness (QED) is 0.837. The fraction of sp³-hybridized carbons (Fsp3) is 0.333. The maximum Gasteiger partial charge on any atom is 0.415 e. The van der Waals surface area contributed by atoms with Crippen molar-refractivity contribution in [1.82, 2.24) is 0 Å². The van der Waals surface area contributed by atoms with Gasteiger partial charge in [-0.2, -0.15) is 13.2 Å². The number of thioether (sulfide) groups is 1. The average molecular weight is 257 g/mol. The van der Waals surface area contributed by atoms with Crippen molar-refractivity contribution in [1.29, 1.82) is 0 Å². The SMILES string of the molecule is O[C@@H](CSc1ccc(Cl)cc1)C(F)(F)F. The van der Waals surface area contributed by atoms with Crippen molar-refractivity contribution in [3.8, 4) is 0 Å². The summed E-state index contributed by atoms with van der Waals surface area (Å²) in [5.41, 5.74) is 0. The number of aliphatic hydroxyl groups is 1. The van der Waals surface area contributed by atoms with Crippen LogP contribution in [0.2, 0.25) is 5.02 Å². The van der Waals surface area contributed by atoms with Crippen LogP contribution >= 0.6 is 23.4 Å². The second-order valence-electron chi connectivity index (χ2n) is 2.82. The molecule has 0 saturated carbocycles. The first kappa shape index (κ1) is 12.7. The molecule has 0 saturated heterocycles. The van der Waals surface area contributed by atoms with Gasteiger partial charge in [0.15, 0.2) is 6.10 Å². The van der Waals surface area contributed by atoms with Gasteiger partial charge in [-0.05, 0) is 24.3 Å². The summed E-state index contributed by atoms with van der Waals surface area (Å²) in [5, 5.41) is 9.25. The number of alkyl halides is 3. The fourth-order valence-corrected chi connectivity index (χ4v) is 1.79. The molecule has 1 aromatic rings. The zero-order chi connectivity index (χ0) is 11.5. The fourth-order valence-electron chi connectivity index (χ4n) is 0.800. The van der Waals surface area contributed by atoms with Gasteiger partial charge >= 0.3 is 6.18 Å². The number of rotatable bonds is 3. The number of benzene rings is 1. The molecule has 1 N–H and O–H groups in total. The molecule has 0 aliphatic heterocycles. The molecule has 1 rings (SSSR count). The molecular weight excluding hydrogens is 249 g/mol. The monoisotopic (exact) mass is 256 g/mol. The summed E-state index contributed by atoms with van der Waals surface area (Å²) in [4.78, 5) is 0.641. The van der Waals surface area contributed by atoms with E-state index >= 15 is 0 Å². The number of aliphatic hydroxyl groups excluding tert-OH is 1. The minimum Gasteiger partial charge on any atom is -0.383 e. The largest absolute Gasteiger partial charge is 0.415 e. The Kier molecular flexibility index (Phi) is 4.31. The third-order valence-electron chi connectivity index (χ3n) is 1.60. The summed E-state index contributed by atoms with van der Waals surface area (Å²) in [7, 11) is 0. The van der Waals surface area contributed by atoms with E-state index in [1.165, 1.54) is 0 Å². The summed E-state index contributed by atoms with van der Waals surface area (Å²) in [6.07, 6.45) is -6.85. The lowest BCUT2D eigenvalue weighted by atomic mass is 10.4. The van der Waals surface area contributed by atoms with Crippen LogP contribution in [0.3, 0.4) is 0 Å². The van der Waals surface area contributed by atoms with Crippen LogP contribution < -0.4 is 0 Å². The van der Waals surface area contributed by atoms with Gasteiger partial charge in [-0.3, -0.25) is 0 Å². The third kappa shape index (κ3) is 4.32. The average Bonchev–Trinajstić information content (AvgIpc) is 2.15. The molecule has 0 bridgehead atoms. The van der Waals surface area contributed by atoms with E-state index in [4.69, 9.17) is 16.7 Å². The molecule has 1 nitrogen and oxygen atoms in total. The number of hydrogen-bond acceptors (Lipinski definition) is 2. The molecule has 0 aliphatic rings. The van der Waals surface area contributed by atoms with Gasteiger partial charge in [0.2, 0.25) is 0 Å². The molecule has 0 aliphatic carbocycles. The summed E-state index contributed by atoms with van der Waals surface area (Å²) in [6, 6.07) is 6.39. The third-order valence-corrected chi connectivity index (χ3v) is 2.94. The highest BCUT2D eigenvalue weighted by Gasteiger charge is 2.37. The molecule has 15 heavy (non-hydrogen) atoms. The highest BCUT2D eigenvalue weighted by atomic mass is 35.5. The number of halogens is 4. The van der Waals surface area contributed by atoms with Gasteiger partial charge in [-0.15, -0.1) is 11.8 Å². The van der Waals surface area contributed by atoms with Crippen molar-refractivity contribution < 1.29 is 18.3 Å². The Balaban J connectivity index is 2.47. The zero-order valence-corrected chi connectivity index (χ0v) is 9.03. The van der Waals surface area contributed by atoms with Gasteiger partial charge in [0, 0.05) is 15.7 Å². The maximum atomic E-state index is 11.9. The first-order chi connectivity index (χ1) is 6.89. The Morgan fingerprint density at radius 3 is 2.27 bits per heavy atom. The molecule has 0 unspecified atom stereocenters. The minimum absolute atomic E-state index is 0.412. The summed E-state index contributed by atoms with van der Waals surface area (Å²) >= 11 is 6.54. The van der Waals surface area contributed by atoms with Crippen LogP contribution in [-0.2, 0) is 0 Å². The lowest BCUT2D eigenvalue weighted by molar-refractivity contribution is -0.195. The Bertz CT molecular complexity index is 312. The van der Waals surface area contributed by atoms with Gasteiger partial charge in [-0.25, -0.2) is 0 Å². The predicted octanol–water partition coefficient (Wildman–Crippen LogP) is 3.36. The van der Waals surface area contributed by atoms with E-state index in [-0.39, 0.29) is 0 Å². The lowest BCUT2D eigenvalue weighted by Gasteiger charge is -2.13. The molecule has 0 amide bonds. The van der Waals surface area contributed by atoms with Crippen LogP contribution in [0.15, 0.2) is 29.2 Å². The van der Waals surface area contributed by atoms with E-state index < -0.39 is 18.0 Å². The van der Waals surface area contributed by atoms with Crippen LogP contribution in [0.5, 0.6) is 0 Å². The van der Waals surface area contributed by atoms with Crippen molar-refractivity contribution in [3.05, 3.63) is 29.3 Å². The van der Waals surface area contributed by atoms with Crippen molar-refractivity contribution in [2.45, 2.75) is 17.2 Å². The Morgan fingerprint density at radius 2 is 1.80 bits per heavy atom. The molecule has 0 radical (unpaired) electrons. The topological polar surface area (TPSA) is 20.2 Å². The van der Waals surface area contributed by atoms with Crippen molar-refractivity contribution >= 4 is 23.4 Å². The first-order valence-corrected chi connectivity index (χ1v) is 5.39. The second-order valence-corrected chi connectivity index (χ2v) is 4.35. The molecule has 1 atom stereocenters. The molecule has 0 aromatic heterocycles. The van der Waals surface area contributed by atoms with Gasteiger partial charge in [-0.1, -0.05) is 11.6 Å². The van der Waals surface area contributed by atoms with E-state index in [1.807, 2.05) is 0 Å². The highest BCUT2D eigenvalue weighted by molar-refractivity contribution is 7.99. The van der Waals surface area contributed by atoms with E-state index in [9.17, 15) is 13.2 Å². The van der Waals surface area contributed by atoms with Crippen molar-refractivity contribution in [2.75, 3.05) is 5.75 Å². The van der Waals surface area contributed by atoms with E-state index in [0.29, 0.717) is 9.92 Å². The van der Waals surface area contributed by atoms with Gasteiger partial charge < -0.3 is 5.11 Å². The van der Waals surface area contributed by atoms with Crippen LogP contribution in [0, 0.1) is 0 Å². The molecule has 84 valence electrons. The summed E-state index contributed by atoms with van der Waals surface area (Å²) < 4.78 is 35.8.